The van der Waals surface area contributed by atoms with Crippen LogP contribution in [0.4, 0.5) is 10.2 Å². The second-order valence-corrected chi connectivity index (χ2v) is 4.75. The number of pyridine rings is 1. The standard InChI is InChI=1S/C16H15FN4/c1-12(19-16-5-2-4-15(17)20-16)13-6-8-14(9-7-13)21-11-3-10-18-21/h2-12H,1H3,(H,19,20). The molecule has 1 atom stereocenters. The van der Waals surface area contributed by atoms with E-state index in [2.05, 4.69) is 15.4 Å². The molecule has 0 bridgehead atoms. The van der Waals surface area contributed by atoms with Gasteiger partial charge in [0.2, 0.25) is 5.95 Å². The third kappa shape index (κ3) is 3.08. The molecule has 0 saturated heterocycles. The molecule has 1 N–H and O–H groups in total. The Morgan fingerprint density at radius 1 is 1.10 bits per heavy atom. The lowest BCUT2D eigenvalue weighted by molar-refractivity contribution is 0.584. The van der Waals surface area contributed by atoms with Crippen molar-refractivity contribution in [1.29, 1.82) is 0 Å². The summed E-state index contributed by atoms with van der Waals surface area (Å²) in [6.07, 6.45) is 3.64. The van der Waals surface area contributed by atoms with E-state index in [-0.39, 0.29) is 6.04 Å². The number of rotatable bonds is 4. The molecular weight excluding hydrogens is 267 g/mol. The highest BCUT2D eigenvalue weighted by molar-refractivity contribution is 5.40. The third-order valence-electron chi connectivity index (χ3n) is 3.24. The Kier molecular flexibility index (Phi) is 3.64. The Morgan fingerprint density at radius 3 is 2.57 bits per heavy atom. The Bertz CT molecular complexity index is 707. The van der Waals surface area contributed by atoms with Crippen LogP contribution >= 0.6 is 0 Å². The summed E-state index contributed by atoms with van der Waals surface area (Å²) >= 11 is 0. The fourth-order valence-electron chi connectivity index (χ4n) is 2.13. The average molecular weight is 282 g/mol. The Balaban J connectivity index is 1.74. The van der Waals surface area contributed by atoms with E-state index in [4.69, 9.17) is 0 Å². The van der Waals surface area contributed by atoms with Crippen molar-refractivity contribution in [3.63, 3.8) is 0 Å². The average Bonchev–Trinajstić information content (AvgIpc) is 3.01. The van der Waals surface area contributed by atoms with Crippen molar-refractivity contribution in [3.8, 4) is 5.69 Å². The highest BCUT2D eigenvalue weighted by Gasteiger charge is 2.07. The minimum atomic E-state index is -0.485. The van der Waals surface area contributed by atoms with Gasteiger partial charge in [0.05, 0.1) is 5.69 Å². The van der Waals surface area contributed by atoms with Crippen LogP contribution in [-0.4, -0.2) is 14.8 Å². The first kappa shape index (κ1) is 13.3. The summed E-state index contributed by atoms with van der Waals surface area (Å²) in [6, 6.07) is 14.7. The molecule has 0 fully saturated rings. The first-order valence-electron chi connectivity index (χ1n) is 6.71. The maximum atomic E-state index is 13.1. The van der Waals surface area contributed by atoms with Gasteiger partial charge in [-0.05, 0) is 42.8 Å². The summed E-state index contributed by atoms with van der Waals surface area (Å²) in [4.78, 5) is 3.80. The Morgan fingerprint density at radius 2 is 1.90 bits per heavy atom. The van der Waals surface area contributed by atoms with E-state index >= 15 is 0 Å². The highest BCUT2D eigenvalue weighted by atomic mass is 19.1. The lowest BCUT2D eigenvalue weighted by Gasteiger charge is -2.15. The van der Waals surface area contributed by atoms with Crippen LogP contribution in [0.2, 0.25) is 0 Å². The lowest BCUT2D eigenvalue weighted by Crippen LogP contribution is -2.08. The number of benzene rings is 1. The number of hydrogen-bond donors (Lipinski definition) is 1. The van der Waals surface area contributed by atoms with E-state index in [1.165, 1.54) is 6.07 Å². The van der Waals surface area contributed by atoms with E-state index < -0.39 is 5.95 Å². The molecule has 21 heavy (non-hydrogen) atoms. The smallest absolute Gasteiger partial charge is 0.214 e. The molecule has 0 radical (unpaired) electrons. The predicted octanol–water partition coefficient (Wildman–Crippen LogP) is 3.58. The van der Waals surface area contributed by atoms with Gasteiger partial charge in [-0.3, -0.25) is 0 Å². The van der Waals surface area contributed by atoms with Gasteiger partial charge >= 0.3 is 0 Å². The molecule has 2 aromatic heterocycles. The Labute approximate surface area is 122 Å². The van der Waals surface area contributed by atoms with Crippen molar-refractivity contribution >= 4 is 5.82 Å². The summed E-state index contributed by atoms with van der Waals surface area (Å²) in [5, 5.41) is 7.37. The summed E-state index contributed by atoms with van der Waals surface area (Å²) < 4.78 is 14.9. The fraction of sp³-hybridized carbons (Fsp3) is 0.125. The summed E-state index contributed by atoms with van der Waals surface area (Å²) in [7, 11) is 0. The first-order valence-corrected chi connectivity index (χ1v) is 6.71. The number of nitrogens with one attached hydrogen (secondary N) is 1. The predicted molar refractivity (Wildman–Crippen MR) is 79.8 cm³/mol. The van der Waals surface area contributed by atoms with Crippen molar-refractivity contribution < 1.29 is 4.39 Å². The van der Waals surface area contributed by atoms with Gasteiger partial charge in [0.15, 0.2) is 0 Å². The number of hydrogen-bond acceptors (Lipinski definition) is 3. The monoisotopic (exact) mass is 282 g/mol. The van der Waals surface area contributed by atoms with Crippen LogP contribution in [0.1, 0.15) is 18.5 Å². The molecule has 3 rings (SSSR count). The maximum Gasteiger partial charge on any atom is 0.214 e. The highest BCUT2D eigenvalue weighted by Crippen LogP contribution is 2.19. The van der Waals surface area contributed by atoms with E-state index in [0.717, 1.165) is 11.3 Å². The molecule has 0 amide bonds. The van der Waals surface area contributed by atoms with Gasteiger partial charge in [0.25, 0.3) is 0 Å². The quantitative estimate of drug-likeness (QED) is 0.744. The van der Waals surface area contributed by atoms with Crippen molar-refractivity contribution in [2.24, 2.45) is 0 Å². The molecule has 2 heterocycles. The number of anilines is 1. The first-order chi connectivity index (χ1) is 10.2. The molecule has 0 aliphatic rings. The van der Waals surface area contributed by atoms with Crippen LogP contribution in [0.3, 0.4) is 0 Å². The number of aromatic nitrogens is 3. The second kappa shape index (κ2) is 5.75. The summed E-state index contributed by atoms with van der Waals surface area (Å²) in [6.45, 7) is 2.01. The molecule has 5 heteroatoms. The zero-order valence-electron chi connectivity index (χ0n) is 11.6. The van der Waals surface area contributed by atoms with Crippen LogP contribution in [0.5, 0.6) is 0 Å². The normalized spacial score (nSPS) is 12.1. The van der Waals surface area contributed by atoms with Crippen molar-refractivity contribution in [2.75, 3.05) is 5.32 Å². The van der Waals surface area contributed by atoms with Gasteiger partial charge in [-0.15, -0.1) is 0 Å². The third-order valence-corrected chi connectivity index (χ3v) is 3.24. The topological polar surface area (TPSA) is 42.7 Å². The molecular formula is C16H15FN4. The second-order valence-electron chi connectivity index (χ2n) is 4.75. The molecule has 0 saturated carbocycles. The zero-order chi connectivity index (χ0) is 14.7. The largest absolute Gasteiger partial charge is 0.363 e. The van der Waals surface area contributed by atoms with Crippen molar-refractivity contribution in [3.05, 3.63) is 72.4 Å². The maximum absolute atomic E-state index is 13.1. The van der Waals surface area contributed by atoms with Gasteiger partial charge in [-0.2, -0.15) is 9.49 Å². The SMILES string of the molecule is CC(Nc1cccc(F)n1)c1ccc(-n2cccn2)cc1. The van der Waals surface area contributed by atoms with Crippen LogP contribution in [0.15, 0.2) is 60.9 Å². The number of halogens is 1. The molecule has 106 valence electrons. The van der Waals surface area contributed by atoms with E-state index in [1.807, 2.05) is 43.5 Å². The van der Waals surface area contributed by atoms with Gasteiger partial charge in [-0.1, -0.05) is 18.2 Å². The molecule has 0 aliphatic heterocycles. The van der Waals surface area contributed by atoms with Crippen molar-refractivity contribution in [2.45, 2.75) is 13.0 Å². The van der Waals surface area contributed by atoms with Crippen LogP contribution in [0, 0.1) is 5.95 Å². The van der Waals surface area contributed by atoms with Crippen LogP contribution in [0.25, 0.3) is 5.69 Å². The van der Waals surface area contributed by atoms with Crippen molar-refractivity contribution in [1.82, 2.24) is 14.8 Å². The lowest BCUT2D eigenvalue weighted by atomic mass is 10.1. The molecule has 0 aliphatic carbocycles. The number of nitrogens with zero attached hydrogens (tertiary/aromatic N) is 3. The molecule has 1 unspecified atom stereocenters. The van der Waals surface area contributed by atoms with Crippen LogP contribution < -0.4 is 5.32 Å². The van der Waals surface area contributed by atoms with Gasteiger partial charge < -0.3 is 5.32 Å². The molecule has 1 aromatic carbocycles. The van der Waals surface area contributed by atoms with Crippen LogP contribution in [-0.2, 0) is 0 Å². The molecule has 3 aromatic rings. The summed E-state index contributed by atoms with van der Waals surface area (Å²) in [5.74, 6) is 0.0416. The Hall–Kier alpha value is -2.69. The summed E-state index contributed by atoms with van der Waals surface area (Å²) in [5.41, 5.74) is 2.09. The molecule has 0 spiro atoms. The van der Waals surface area contributed by atoms with Gasteiger partial charge in [-0.25, -0.2) is 9.67 Å². The van der Waals surface area contributed by atoms with E-state index in [1.54, 1.807) is 23.0 Å². The zero-order valence-corrected chi connectivity index (χ0v) is 11.6. The molecule has 4 nitrogen and oxygen atoms in total. The van der Waals surface area contributed by atoms with Gasteiger partial charge in [0.1, 0.15) is 5.82 Å². The van der Waals surface area contributed by atoms with Gasteiger partial charge in [0, 0.05) is 18.4 Å². The van der Waals surface area contributed by atoms with E-state index in [9.17, 15) is 4.39 Å². The minimum Gasteiger partial charge on any atom is -0.363 e. The van der Waals surface area contributed by atoms with E-state index in [0.29, 0.717) is 5.82 Å². The minimum absolute atomic E-state index is 0.0333. The fourth-order valence-corrected chi connectivity index (χ4v) is 2.13.